The average molecular weight is 358 g/mol. The Morgan fingerprint density at radius 1 is 1.27 bits per heavy atom. The Bertz CT molecular complexity index is 771. The number of aliphatic hydroxyl groups excluding tert-OH is 1. The van der Waals surface area contributed by atoms with Crippen LogP contribution >= 0.6 is 0 Å². The van der Waals surface area contributed by atoms with E-state index in [-0.39, 0.29) is 46.1 Å². The van der Waals surface area contributed by atoms with Crippen molar-refractivity contribution in [1.29, 1.82) is 0 Å². The molecule has 3 rings (SSSR count). The molecule has 2 unspecified atom stereocenters. The fraction of sp³-hybridized carbons (Fsp3) is 0.682. The van der Waals surface area contributed by atoms with Gasteiger partial charge in [-0.15, -0.1) is 0 Å². The van der Waals surface area contributed by atoms with Crippen molar-refractivity contribution in [1.82, 2.24) is 0 Å². The summed E-state index contributed by atoms with van der Waals surface area (Å²) < 4.78 is 0. The van der Waals surface area contributed by atoms with Gasteiger partial charge in [0.2, 0.25) is 0 Å². The molecule has 2 fully saturated rings. The van der Waals surface area contributed by atoms with Crippen molar-refractivity contribution in [2.24, 2.45) is 34.0 Å². The zero-order valence-corrected chi connectivity index (χ0v) is 16.7. The summed E-state index contributed by atoms with van der Waals surface area (Å²) in [7, 11) is 0. The number of Topliss-reactive ketones (excluding diaryl/α,β-unsaturated/α-hetero) is 3. The largest absolute Gasteiger partial charge is 0.510 e. The number of allylic oxidation sites excluding steroid dienone is 3. The summed E-state index contributed by atoms with van der Waals surface area (Å²) in [6.45, 7) is 15.6. The van der Waals surface area contributed by atoms with Gasteiger partial charge in [0, 0.05) is 5.92 Å². The Balaban J connectivity index is 2.23. The maximum atomic E-state index is 13.6. The molecular formula is C22H30O4. The fourth-order valence-corrected chi connectivity index (χ4v) is 5.92. The van der Waals surface area contributed by atoms with Gasteiger partial charge >= 0.3 is 0 Å². The average Bonchev–Trinajstić information content (AvgIpc) is 2.92. The Morgan fingerprint density at radius 3 is 2.35 bits per heavy atom. The normalized spacial score (nSPS) is 39.2. The van der Waals surface area contributed by atoms with Gasteiger partial charge in [0.15, 0.2) is 17.3 Å². The van der Waals surface area contributed by atoms with Crippen molar-refractivity contribution in [3.63, 3.8) is 0 Å². The van der Waals surface area contributed by atoms with E-state index in [9.17, 15) is 19.5 Å². The Morgan fingerprint density at radius 2 is 1.85 bits per heavy atom. The maximum absolute atomic E-state index is 13.6. The Labute approximate surface area is 155 Å². The molecule has 142 valence electrons. The number of hydrogen-bond donors (Lipinski definition) is 1. The molecule has 2 saturated carbocycles. The molecule has 2 bridgehead atoms. The lowest BCUT2D eigenvalue weighted by Crippen LogP contribution is -2.49. The number of carbonyl (C=O) groups excluding carboxylic acids is 3. The third kappa shape index (κ3) is 1.93. The summed E-state index contributed by atoms with van der Waals surface area (Å²) in [6, 6.07) is 0. The second-order valence-electron chi connectivity index (χ2n) is 9.54. The lowest BCUT2D eigenvalue weighted by Gasteiger charge is -2.35. The molecule has 0 aromatic rings. The van der Waals surface area contributed by atoms with Gasteiger partial charge in [-0.3, -0.25) is 14.4 Å². The predicted molar refractivity (Wildman–Crippen MR) is 99.5 cm³/mol. The first-order chi connectivity index (χ1) is 11.9. The fourth-order valence-electron chi connectivity index (χ4n) is 5.92. The molecule has 0 saturated heterocycles. The van der Waals surface area contributed by atoms with Crippen LogP contribution in [0.5, 0.6) is 0 Å². The van der Waals surface area contributed by atoms with Gasteiger partial charge in [0.05, 0.1) is 10.8 Å². The smallest absolute Gasteiger partial charge is 0.183 e. The van der Waals surface area contributed by atoms with E-state index in [1.54, 1.807) is 13.8 Å². The van der Waals surface area contributed by atoms with Crippen molar-refractivity contribution in [2.75, 3.05) is 0 Å². The highest BCUT2D eigenvalue weighted by Crippen LogP contribution is 2.71. The molecule has 3 aliphatic rings. The minimum absolute atomic E-state index is 0.0464. The standard InChI is InChI=1S/C22H30O4/c1-8-12(4)16(23)15-17(24)21(7)10-14-20(5,6)13(11(2)3)9-22(14,18(15)25)19(21)26/h12-14,24H,2,8-10H2,1,3-7H3/t12?,13-,14-,21-,22?/m0/s1. The number of hydrogen-bond acceptors (Lipinski definition) is 4. The van der Waals surface area contributed by atoms with Crippen LogP contribution in [-0.2, 0) is 14.4 Å². The van der Waals surface area contributed by atoms with Crippen molar-refractivity contribution in [3.8, 4) is 0 Å². The van der Waals surface area contributed by atoms with E-state index >= 15 is 0 Å². The van der Waals surface area contributed by atoms with E-state index in [2.05, 4.69) is 20.4 Å². The summed E-state index contributed by atoms with van der Waals surface area (Å²) in [6.07, 6.45) is 1.40. The van der Waals surface area contributed by atoms with Gasteiger partial charge in [-0.05, 0) is 50.4 Å². The van der Waals surface area contributed by atoms with E-state index in [0.29, 0.717) is 19.3 Å². The van der Waals surface area contributed by atoms with E-state index in [1.165, 1.54) is 0 Å². The molecule has 4 nitrogen and oxygen atoms in total. The summed E-state index contributed by atoms with van der Waals surface area (Å²) in [5, 5.41) is 10.9. The van der Waals surface area contributed by atoms with Gasteiger partial charge in [-0.2, -0.15) is 0 Å². The molecule has 0 aromatic heterocycles. The monoisotopic (exact) mass is 358 g/mol. The molecule has 5 atom stereocenters. The zero-order valence-electron chi connectivity index (χ0n) is 16.7. The summed E-state index contributed by atoms with van der Waals surface area (Å²) in [4.78, 5) is 39.9. The SMILES string of the molecule is C=C(C)[C@@H]1CC23C(=O)C(C(=O)C(C)CC)=C(O)[C@](C)(C[C@H]2C1(C)C)C3=O. The summed E-state index contributed by atoms with van der Waals surface area (Å²) in [5.74, 6) is -1.76. The maximum Gasteiger partial charge on any atom is 0.183 e. The highest BCUT2D eigenvalue weighted by Gasteiger charge is 2.76. The number of carbonyl (C=O) groups is 3. The Kier molecular flexibility index (Phi) is 3.96. The highest BCUT2D eigenvalue weighted by atomic mass is 16.3. The molecule has 0 aromatic carbocycles. The third-order valence-corrected chi connectivity index (χ3v) is 7.73. The van der Waals surface area contributed by atoms with Crippen LogP contribution in [0.1, 0.15) is 60.8 Å². The molecule has 0 radical (unpaired) electrons. The van der Waals surface area contributed by atoms with Crippen LogP contribution < -0.4 is 0 Å². The highest BCUT2D eigenvalue weighted by molar-refractivity contribution is 6.32. The van der Waals surface area contributed by atoms with Crippen LogP contribution in [0, 0.1) is 34.0 Å². The topological polar surface area (TPSA) is 71.4 Å². The first-order valence-electron chi connectivity index (χ1n) is 9.60. The number of rotatable bonds is 4. The van der Waals surface area contributed by atoms with Crippen molar-refractivity contribution in [3.05, 3.63) is 23.5 Å². The first kappa shape index (κ1) is 19.1. The van der Waals surface area contributed by atoms with E-state index in [0.717, 1.165) is 5.57 Å². The van der Waals surface area contributed by atoms with Gasteiger partial charge in [-0.25, -0.2) is 0 Å². The number of ketones is 3. The molecular weight excluding hydrogens is 328 g/mol. The van der Waals surface area contributed by atoms with Crippen LogP contribution in [0.4, 0.5) is 0 Å². The van der Waals surface area contributed by atoms with Crippen molar-refractivity contribution >= 4 is 17.3 Å². The van der Waals surface area contributed by atoms with Crippen molar-refractivity contribution in [2.45, 2.75) is 60.8 Å². The van der Waals surface area contributed by atoms with E-state index < -0.39 is 16.6 Å². The van der Waals surface area contributed by atoms with Crippen LogP contribution in [0.2, 0.25) is 0 Å². The van der Waals surface area contributed by atoms with Crippen molar-refractivity contribution < 1.29 is 19.5 Å². The second kappa shape index (κ2) is 5.40. The minimum Gasteiger partial charge on any atom is -0.510 e. The number of fused-ring (bicyclic) bond motifs is 1. The van der Waals surface area contributed by atoms with Gasteiger partial charge < -0.3 is 5.11 Å². The minimum atomic E-state index is -1.19. The lowest BCUT2D eigenvalue weighted by molar-refractivity contribution is -0.144. The van der Waals surface area contributed by atoms with Crippen LogP contribution in [0.3, 0.4) is 0 Å². The quantitative estimate of drug-likeness (QED) is 0.464. The van der Waals surface area contributed by atoms with Crippen LogP contribution in [0.15, 0.2) is 23.5 Å². The van der Waals surface area contributed by atoms with Crippen LogP contribution in [-0.4, -0.2) is 22.5 Å². The number of aliphatic hydroxyl groups is 1. The third-order valence-electron chi connectivity index (χ3n) is 7.73. The van der Waals surface area contributed by atoms with Gasteiger partial charge in [0.25, 0.3) is 0 Å². The predicted octanol–water partition coefficient (Wildman–Crippen LogP) is 4.20. The molecule has 0 amide bonds. The molecule has 1 spiro atoms. The van der Waals surface area contributed by atoms with E-state index in [1.807, 2.05) is 13.8 Å². The van der Waals surface area contributed by atoms with E-state index in [4.69, 9.17) is 0 Å². The van der Waals surface area contributed by atoms with Gasteiger partial charge in [0.1, 0.15) is 11.3 Å². The molecule has 0 heterocycles. The van der Waals surface area contributed by atoms with Gasteiger partial charge in [-0.1, -0.05) is 39.8 Å². The Hall–Kier alpha value is -1.71. The second-order valence-corrected chi connectivity index (χ2v) is 9.54. The summed E-state index contributed by atoms with van der Waals surface area (Å²) >= 11 is 0. The molecule has 3 aliphatic carbocycles. The lowest BCUT2D eigenvalue weighted by atomic mass is 9.64. The molecule has 26 heavy (non-hydrogen) atoms. The molecule has 4 heteroatoms. The van der Waals surface area contributed by atoms with Crippen LogP contribution in [0.25, 0.3) is 0 Å². The summed E-state index contributed by atoms with van der Waals surface area (Å²) in [5.41, 5.74) is -1.75. The zero-order chi connectivity index (χ0) is 19.8. The molecule has 0 aliphatic heterocycles. The molecule has 1 N–H and O–H groups in total. The first-order valence-corrected chi connectivity index (χ1v) is 9.60.